The van der Waals surface area contributed by atoms with E-state index in [0.717, 1.165) is 18.5 Å². The zero-order valence-corrected chi connectivity index (χ0v) is 13.7. The third-order valence-electron chi connectivity index (χ3n) is 3.83. The van der Waals surface area contributed by atoms with Crippen molar-refractivity contribution in [1.29, 1.82) is 0 Å². The quantitative estimate of drug-likeness (QED) is 0.778. The van der Waals surface area contributed by atoms with Crippen molar-refractivity contribution in [3.05, 3.63) is 29.8 Å². The summed E-state index contributed by atoms with van der Waals surface area (Å²) in [6, 6.07) is 7.95. The molecule has 1 atom stereocenters. The summed E-state index contributed by atoms with van der Waals surface area (Å²) in [6.45, 7) is 3.68. The number of halogens is 1. The monoisotopic (exact) mass is 325 g/mol. The molecule has 0 spiro atoms. The third-order valence-corrected chi connectivity index (χ3v) is 3.83. The first-order valence-corrected chi connectivity index (χ1v) is 7.52. The second kappa shape index (κ2) is 8.76. The minimum atomic E-state index is -0.263. The van der Waals surface area contributed by atoms with Crippen LogP contribution in [0.2, 0.25) is 0 Å². The highest BCUT2D eigenvalue weighted by molar-refractivity contribution is 6.00. The maximum Gasteiger partial charge on any atom is 0.227 e. The van der Waals surface area contributed by atoms with Crippen LogP contribution in [0.5, 0.6) is 0 Å². The summed E-state index contributed by atoms with van der Waals surface area (Å²) in [6.07, 6.45) is 2.01. The lowest BCUT2D eigenvalue weighted by atomic mass is 10.1. The van der Waals surface area contributed by atoms with Crippen molar-refractivity contribution in [2.75, 3.05) is 24.5 Å². The van der Waals surface area contributed by atoms with E-state index in [0.29, 0.717) is 19.6 Å². The van der Waals surface area contributed by atoms with E-state index in [1.54, 1.807) is 4.90 Å². The second-order valence-electron chi connectivity index (χ2n) is 5.36. The van der Waals surface area contributed by atoms with Gasteiger partial charge in [-0.15, -0.1) is 12.4 Å². The summed E-state index contributed by atoms with van der Waals surface area (Å²) in [5.74, 6) is -0.302. The molecule has 1 aliphatic rings. The summed E-state index contributed by atoms with van der Waals surface area (Å²) in [4.78, 5) is 25.8. The molecular weight excluding hydrogens is 302 g/mol. The Kier molecular flexibility index (Phi) is 7.35. The van der Waals surface area contributed by atoms with Crippen LogP contribution in [0.15, 0.2) is 24.3 Å². The maximum absolute atomic E-state index is 12.1. The van der Waals surface area contributed by atoms with Crippen molar-refractivity contribution >= 4 is 29.9 Å². The van der Waals surface area contributed by atoms with E-state index >= 15 is 0 Å². The Morgan fingerprint density at radius 2 is 2.05 bits per heavy atom. The van der Waals surface area contributed by atoms with Crippen LogP contribution in [-0.4, -0.2) is 31.4 Å². The van der Waals surface area contributed by atoms with E-state index in [-0.39, 0.29) is 36.6 Å². The molecule has 1 unspecified atom stereocenters. The Morgan fingerprint density at radius 3 is 2.64 bits per heavy atom. The van der Waals surface area contributed by atoms with Gasteiger partial charge in [-0.05, 0) is 37.1 Å². The standard InChI is InChI=1S/C16H23N3O2.ClH/c1-2-12-4-6-14(7-5-12)19-11-13(10-15(19)20)16(21)18-9-3-8-17;/h4-7,13H,2-3,8-11,17H2,1H3,(H,18,21);1H. The van der Waals surface area contributed by atoms with Gasteiger partial charge in [-0.2, -0.15) is 0 Å². The summed E-state index contributed by atoms with van der Waals surface area (Å²) >= 11 is 0. The molecule has 1 aliphatic heterocycles. The second-order valence-corrected chi connectivity index (χ2v) is 5.36. The van der Waals surface area contributed by atoms with Crippen LogP contribution in [0.4, 0.5) is 5.69 Å². The number of hydrogen-bond donors (Lipinski definition) is 2. The molecule has 1 saturated heterocycles. The van der Waals surface area contributed by atoms with Gasteiger partial charge in [-0.25, -0.2) is 0 Å². The zero-order chi connectivity index (χ0) is 15.2. The minimum Gasteiger partial charge on any atom is -0.356 e. The van der Waals surface area contributed by atoms with Crippen molar-refractivity contribution in [2.24, 2.45) is 11.7 Å². The van der Waals surface area contributed by atoms with Gasteiger partial charge in [-0.1, -0.05) is 19.1 Å². The summed E-state index contributed by atoms with van der Waals surface area (Å²) in [7, 11) is 0. The number of aryl methyl sites for hydroxylation is 1. The van der Waals surface area contributed by atoms with Crippen LogP contribution in [0.25, 0.3) is 0 Å². The fraction of sp³-hybridized carbons (Fsp3) is 0.500. The van der Waals surface area contributed by atoms with Crippen LogP contribution in [0.3, 0.4) is 0 Å². The SMILES string of the molecule is CCc1ccc(N2CC(C(=O)NCCCN)CC2=O)cc1.Cl. The number of benzene rings is 1. The molecule has 1 aromatic rings. The Hall–Kier alpha value is -1.59. The number of amides is 2. The average molecular weight is 326 g/mol. The van der Waals surface area contributed by atoms with Crippen molar-refractivity contribution in [1.82, 2.24) is 5.32 Å². The first-order valence-electron chi connectivity index (χ1n) is 7.52. The number of nitrogens with one attached hydrogen (secondary N) is 1. The van der Waals surface area contributed by atoms with Crippen LogP contribution in [0, 0.1) is 5.92 Å². The Labute approximate surface area is 137 Å². The number of nitrogens with two attached hydrogens (primary N) is 1. The number of nitrogens with zero attached hydrogens (tertiary/aromatic N) is 1. The van der Waals surface area contributed by atoms with Crippen molar-refractivity contribution in [3.63, 3.8) is 0 Å². The van der Waals surface area contributed by atoms with E-state index in [1.807, 2.05) is 24.3 Å². The van der Waals surface area contributed by atoms with Crippen LogP contribution >= 0.6 is 12.4 Å². The average Bonchev–Trinajstić information content (AvgIpc) is 2.89. The Morgan fingerprint density at radius 1 is 1.36 bits per heavy atom. The number of hydrogen-bond acceptors (Lipinski definition) is 3. The third kappa shape index (κ3) is 4.45. The van der Waals surface area contributed by atoms with Gasteiger partial charge in [0.25, 0.3) is 0 Å². The molecular formula is C16H24ClN3O2. The van der Waals surface area contributed by atoms with Crippen molar-refractivity contribution in [3.8, 4) is 0 Å². The molecule has 1 aromatic carbocycles. The maximum atomic E-state index is 12.1. The largest absolute Gasteiger partial charge is 0.356 e. The molecule has 3 N–H and O–H groups in total. The number of carbonyl (C=O) groups is 2. The molecule has 0 bridgehead atoms. The number of rotatable bonds is 6. The van der Waals surface area contributed by atoms with Gasteiger partial charge >= 0.3 is 0 Å². The molecule has 0 aromatic heterocycles. The molecule has 2 rings (SSSR count). The molecule has 6 heteroatoms. The highest BCUT2D eigenvalue weighted by atomic mass is 35.5. The predicted molar refractivity (Wildman–Crippen MR) is 90.2 cm³/mol. The van der Waals surface area contributed by atoms with Crippen LogP contribution < -0.4 is 16.0 Å². The van der Waals surface area contributed by atoms with E-state index < -0.39 is 0 Å². The molecule has 22 heavy (non-hydrogen) atoms. The molecule has 0 radical (unpaired) electrons. The summed E-state index contributed by atoms with van der Waals surface area (Å²) in [5.41, 5.74) is 7.51. The number of carbonyl (C=O) groups excluding carboxylic acids is 2. The van der Waals surface area contributed by atoms with Gasteiger partial charge in [0, 0.05) is 25.2 Å². The topological polar surface area (TPSA) is 75.4 Å². The van der Waals surface area contributed by atoms with Gasteiger partial charge in [0.1, 0.15) is 0 Å². The summed E-state index contributed by atoms with van der Waals surface area (Å²) < 4.78 is 0. The van der Waals surface area contributed by atoms with Gasteiger partial charge in [-0.3, -0.25) is 9.59 Å². The van der Waals surface area contributed by atoms with E-state index in [9.17, 15) is 9.59 Å². The zero-order valence-electron chi connectivity index (χ0n) is 12.9. The molecule has 0 saturated carbocycles. The number of anilines is 1. The molecule has 1 heterocycles. The smallest absolute Gasteiger partial charge is 0.227 e. The highest BCUT2D eigenvalue weighted by Crippen LogP contribution is 2.25. The predicted octanol–water partition coefficient (Wildman–Crippen LogP) is 1.49. The van der Waals surface area contributed by atoms with Gasteiger partial charge in [0.15, 0.2) is 0 Å². The van der Waals surface area contributed by atoms with Crippen LogP contribution in [0.1, 0.15) is 25.3 Å². The lowest BCUT2D eigenvalue weighted by Gasteiger charge is -2.17. The molecule has 5 nitrogen and oxygen atoms in total. The normalized spacial score (nSPS) is 17.3. The molecule has 122 valence electrons. The molecule has 2 amide bonds. The minimum absolute atomic E-state index is 0. The molecule has 1 fully saturated rings. The van der Waals surface area contributed by atoms with Gasteiger partial charge < -0.3 is 16.0 Å². The molecule has 0 aliphatic carbocycles. The fourth-order valence-electron chi connectivity index (χ4n) is 2.50. The summed E-state index contributed by atoms with van der Waals surface area (Å²) in [5, 5.41) is 2.84. The van der Waals surface area contributed by atoms with E-state index in [1.165, 1.54) is 5.56 Å². The fourth-order valence-corrected chi connectivity index (χ4v) is 2.50. The van der Waals surface area contributed by atoms with E-state index in [2.05, 4.69) is 12.2 Å². The van der Waals surface area contributed by atoms with Crippen molar-refractivity contribution < 1.29 is 9.59 Å². The first kappa shape index (κ1) is 18.5. The Bertz CT molecular complexity index is 505. The highest BCUT2D eigenvalue weighted by Gasteiger charge is 2.34. The van der Waals surface area contributed by atoms with Gasteiger partial charge in [0.05, 0.1) is 5.92 Å². The first-order chi connectivity index (χ1) is 10.2. The van der Waals surface area contributed by atoms with Gasteiger partial charge in [0.2, 0.25) is 11.8 Å². The van der Waals surface area contributed by atoms with E-state index in [4.69, 9.17) is 5.73 Å². The van der Waals surface area contributed by atoms with Crippen LogP contribution in [-0.2, 0) is 16.0 Å². The van der Waals surface area contributed by atoms with Crippen molar-refractivity contribution in [2.45, 2.75) is 26.2 Å². The lowest BCUT2D eigenvalue weighted by Crippen LogP contribution is -2.34. The lowest BCUT2D eigenvalue weighted by molar-refractivity contribution is -0.126. The Balaban J connectivity index is 0.00000242.